The number of nitrogens with zero attached hydrogens (tertiary/aromatic N) is 1. The number of aromatic nitrogens is 1. The fourth-order valence-electron chi connectivity index (χ4n) is 2.75. The number of benzene rings is 1. The van der Waals surface area contributed by atoms with Crippen LogP contribution in [0.15, 0.2) is 34.0 Å². The summed E-state index contributed by atoms with van der Waals surface area (Å²) >= 11 is 0. The second kappa shape index (κ2) is 5.67. The van der Waals surface area contributed by atoms with Gasteiger partial charge in [-0.1, -0.05) is 0 Å². The van der Waals surface area contributed by atoms with Crippen LogP contribution in [0.4, 0.5) is 19.0 Å². The first-order chi connectivity index (χ1) is 12.3. The first-order valence-electron chi connectivity index (χ1n) is 7.15. The maximum absolute atomic E-state index is 13.3. The van der Waals surface area contributed by atoms with E-state index in [-0.39, 0.29) is 11.1 Å². The third-order valence-electron chi connectivity index (χ3n) is 3.88. The Kier molecular flexibility index (Phi) is 3.92. The van der Waals surface area contributed by atoms with Gasteiger partial charge in [-0.2, -0.15) is 13.2 Å². The first-order valence-corrected chi connectivity index (χ1v) is 9.04. The summed E-state index contributed by atoms with van der Waals surface area (Å²) in [4.78, 5) is 34.7. The number of halogens is 3. The van der Waals surface area contributed by atoms with E-state index in [0.29, 0.717) is 23.0 Å². The van der Waals surface area contributed by atoms with E-state index < -0.39 is 55.4 Å². The smallest absolute Gasteiger partial charge is 0.384 e. The van der Waals surface area contributed by atoms with Crippen molar-refractivity contribution in [2.45, 2.75) is 11.1 Å². The molecule has 2 aromatic rings. The Morgan fingerprint density at radius 1 is 1.07 bits per heavy atom. The molecule has 2 heterocycles. The SMILES string of the molecule is CS(=O)(=O)c1ccc(-n2c(N)c3c(cc2=O)C(=O)NC3=O)cc1C(F)(F)F. The van der Waals surface area contributed by atoms with Crippen LogP contribution in [0.25, 0.3) is 5.69 Å². The van der Waals surface area contributed by atoms with Crippen LogP contribution < -0.4 is 16.6 Å². The molecule has 27 heavy (non-hydrogen) atoms. The molecule has 0 saturated carbocycles. The second-order valence-corrected chi connectivity index (χ2v) is 7.71. The zero-order chi connectivity index (χ0) is 20.3. The molecule has 0 unspecified atom stereocenters. The van der Waals surface area contributed by atoms with E-state index in [1.807, 2.05) is 5.32 Å². The van der Waals surface area contributed by atoms with Crippen molar-refractivity contribution in [2.24, 2.45) is 0 Å². The number of fused-ring (bicyclic) bond motifs is 1. The minimum Gasteiger partial charge on any atom is -0.384 e. The van der Waals surface area contributed by atoms with Crippen molar-refractivity contribution >= 4 is 27.5 Å². The van der Waals surface area contributed by atoms with Crippen LogP contribution in [-0.2, 0) is 16.0 Å². The van der Waals surface area contributed by atoms with Gasteiger partial charge in [0.1, 0.15) is 5.82 Å². The highest BCUT2D eigenvalue weighted by Crippen LogP contribution is 2.36. The zero-order valence-corrected chi connectivity index (χ0v) is 14.2. The van der Waals surface area contributed by atoms with Crippen molar-refractivity contribution in [1.29, 1.82) is 0 Å². The predicted octanol–water partition coefficient (Wildman–Crippen LogP) is 0.726. The van der Waals surface area contributed by atoms with Crippen LogP contribution in [-0.4, -0.2) is 31.1 Å². The lowest BCUT2D eigenvalue weighted by Crippen LogP contribution is -2.24. The Labute approximate surface area is 149 Å². The third-order valence-corrected chi connectivity index (χ3v) is 5.03. The largest absolute Gasteiger partial charge is 0.417 e. The van der Waals surface area contributed by atoms with Crippen LogP contribution in [0.5, 0.6) is 0 Å². The standard InChI is InChI=1S/C15H10F3N3O5S/c1-27(25,26)9-3-2-6(4-8(9)15(16,17)18)21-10(22)5-7-11(12(21)19)14(24)20-13(7)23/h2-5H,19H2,1H3,(H,20,23,24). The number of hydrogen-bond donors (Lipinski definition) is 2. The number of amides is 2. The highest BCUT2D eigenvalue weighted by atomic mass is 32.2. The number of imide groups is 1. The fourth-order valence-corrected chi connectivity index (χ4v) is 3.64. The number of nitrogen functional groups attached to an aromatic ring is 1. The van der Waals surface area contributed by atoms with Gasteiger partial charge in [-0.3, -0.25) is 24.3 Å². The fraction of sp³-hybridized carbons (Fsp3) is 0.133. The van der Waals surface area contributed by atoms with Crippen molar-refractivity contribution in [3.8, 4) is 5.69 Å². The second-order valence-electron chi connectivity index (χ2n) is 5.73. The van der Waals surface area contributed by atoms with Crippen molar-refractivity contribution in [1.82, 2.24) is 9.88 Å². The van der Waals surface area contributed by atoms with Gasteiger partial charge in [0.15, 0.2) is 9.84 Å². The molecule has 0 radical (unpaired) electrons. The molecule has 3 N–H and O–H groups in total. The van der Waals surface area contributed by atoms with Gasteiger partial charge >= 0.3 is 6.18 Å². The van der Waals surface area contributed by atoms with Crippen molar-refractivity contribution in [3.63, 3.8) is 0 Å². The maximum Gasteiger partial charge on any atom is 0.417 e. The molecule has 142 valence electrons. The van der Waals surface area contributed by atoms with Crippen LogP contribution in [0.3, 0.4) is 0 Å². The Balaban J connectivity index is 2.34. The highest BCUT2D eigenvalue weighted by molar-refractivity contribution is 7.90. The number of carbonyl (C=O) groups excluding carboxylic acids is 2. The van der Waals surface area contributed by atoms with Gasteiger partial charge in [0.25, 0.3) is 17.4 Å². The summed E-state index contributed by atoms with van der Waals surface area (Å²) in [7, 11) is -4.21. The van der Waals surface area contributed by atoms with Gasteiger partial charge in [0.2, 0.25) is 0 Å². The summed E-state index contributed by atoms with van der Waals surface area (Å²) in [6, 6.07) is 2.85. The molecule has 1 aliphatic rings. The molecule has 3 rings (SSSR count). The van der Waals surface area contributed by atoms with Crippen LogP contribution in [0.1, 0.15) is 26.3 Å². The molecule has 0 aliphatic carbocycles. The Morgan fingerprint density at radius 3 is 2.26 bits per heavy atom. The minimum absolute atomic E-state index is 0.289. The molecule has 0 saturated heterocycles. The predicted molar refractivity (Wildman–Crippen MR) is 86.4 cm³/mol. The lowest BCUT2D eigenvalue weighted by atomic mass is 10.1. The van der Waals surface area contributed by atoms with Gasteiger partial charge in [0, 0.05) is 12.3 Å². The van der Waals surface area contributed by atoms with Crippen LogP contribution in [0, 0.1) is 0 Å². The molecule has 1 aromatic heterocycles. The molecular formula is C15H10F3N3O5S. The van der Waals surface area contributed by atoms with Crippen molar-refractivity contribution < 1.29 is 31.2 Å². The van der Waals surface area contributed by atoms with Crippen molar-refractivity contribution in [3.05, 3.63) is 51.3 Å². The van der Waals surface area contributed by atoms with Crippen LogP contribution >= 0.6 is 0 Å². The minimum atomic E-state index is -5.03. The molecule has 1 aromatic carbocycles. The van der Waals surface area contributed by atoms with Crippen molar-refractivity contribution in [2.75, 3.05) is 12.0 Å². The Morgan fingerprint density at radius 2 is 1.70 bits per heavy atom. The number of sulfone groups is 1. The molecule has 1 aliphatic heterocycles. The number of nitrogens with one attached hydrogen (secondary N) is 1. The van der Waals surface area contributed by atoms with Gasteiger partial charge < -0.3 is 5.73 Å². The molecular weight excluding hydrogens is 391 g/mol. The lowest BCUT2D eigenvalue weighted by molar-refractivity contribution is -0.139. The van der Waals surface area contributed by atoms with Gasteiger partial charge in [-0.15, -0.1) is 0 Å². The molecule has 2 amide bonds. The average Bonchev–Trinajstić information content (AvgIpc) is 2.79. The topological polar surface area (TPSA) is 128 Å². The van der Waals surface area contributed by atoms with E-state index in [2.05, 4.69) is 0 Å². The summed E-state index contributed by atoms with van der Waals surface area (Å²) in [6.07, 6.45) is -4.42. The van der Waals surface area contributed by atoms with E-state index >= 15 is 0 Å². The van der Waals surface area contributed by atoms with E-state index in [1.54, 1.807) is 0 Å². The average molecular weight is 401 g/mol. The van der Waals surface area contributed by atoms with E-state index in [1.165, 1.54) is 0 Å². The number of hydrogen-bond acceptors (Lipinski definition) is 6. The monoisotopic (exact) mass is 401 g/mol. The normalized spacial score (nSPS) is 14.2. The summed E-state index contributed by atoms with van der Waals surface area (Å²) in [5.74, 6) is -2.29. The molecule has 0 spiro atoms. The number of rotatable bonds is 2. The lowest BCUT2D eigenvalue weighted by Gasteiger charge is -2.16. The van der Waals surface area contributed by atoms with E-state index in [4.69, 9.17) is 5.73 Å². The van der Waals surface area contributed by atoms with E-state index in [9.17, 15) is 36.0 Å². The Hall–Kier alpha value is -3.15. The first kappa shape index (κ1) is 18.6. The molecule has 0 fully saturated rings. The van der Waals surface area contributed by atoms with Gasteiger partial charge in [0.05, 0.1) is 27.3 Å². The summed E-state index contributed by atoms with van der Waals surface area (Å²) in [5, 5.41) is 1.92. The van der Waals surface area contributed by atoms with Crippen LogP contribution in [0.2, 0.25) is 0 Å². The zero-order valence-electron chi connectivity index (χ0n) is 13.4. The molecule has 0 atom stereocenters. The molecule has 0 bridgehead atoms. The number of pyridine rings is 1. The third kappa shape index (κ3) is 2.97. The van der Waals surface area contributed by atoms with E-state index in [0.717, 1.165) is 12.1 Å². The van der Waals surface area contributed by atoms with Gasteiger partial charge in [-0.05, 0) is 18.2 Å². The number of carbonyl (C=O) groups is 2. The Bertz CT molecular complexity index is 1180. The quantitative estimate of drug-likeness (QED) is 0.714. The summed E-state index contributed by atoms with van der Waals surface area (Å²) in [6.45, 7) is 0. The number of alkyl halides is 3. The highest BCUT2D eigenvalue weighted by Gasteiger charge is 2.37. The maximum atomic E-state index is 13.3. The molecule has 12 heteroatoms. The molecule has 8 nitrogen and oxygen atoms in total. The summed E-state index contributed by atoms with van der Waals surface area (Å²) < 4.78 is 63.8. The summed E-state index contributed by atoms with van der Waals surface area (Å²) in [5.41, 5.74) is 2.25. The number of nitrogens with two attached hydrogens (primary N) is 1. The van der Waals surface area contributed by atoms with Gasteiger partial charge in [-0.25, -0.2) is 8.42 Å². The number of anilines is 1.